The van der Waals surface area contributed by atoms with E-state index in [0.29, 0.717) is 5.56 Å². The minimum absolute atomic E-state index is 0.0610. The molecule has 1 saturated carbocycles. The first-order valence-corrected chi connectivity index (χ1v) is 11.2. The summed E-state index contributed by atoms with van der Waals surface area (Å²) >= 11 is 0. The highest BCUT2D eigenvalue weighted by atomic mass is 19.4. The van der Waals surface area contributed by atoms with Crippen molar-refractivity contribution >= 4 is 23.2 Å². The van der Waals surface area contributed by atoms with E-state index in [9.17, 15) is 22.8 Å². The highest BCUT2D eigenvalue weighted by molar-refractivity contribution is 6.09. The van der Waals surface area contributed by atoms with Gasteiger partial charge in [-0.05, 0) is 54.7 Å². The molecule has 5 nitrogen and oxygen atoms in total. The number of hydrogen-bond acceptors (Lipinski definition) is 3. The van der Waals surface area contributed by atoms with Crippen LogP contribution in [0.15, 0.2) is 48.5 Å². The average molecular weight is 472 g/mol. The van der Waals surface area contributed by atoms with Crippen LogP contribution in [0.2, 0.25) is 0 Å². The maximum absolute atomic E-state index is 13.5. The molecule has 1 atom stereocenters. The van der Waals surface area contributed by atoms with Crippen LogP contribution in [0.25, 0.3) is 0 Å². The third kappa shape index (κ3) is 5.90. The van der Waals surface area contributed by atoms with Gasteiger partial charge in [-0.3, -0.25) is 14.5 Å². The zero-order valence-electron chi connectivity index (χ0n) is 19.2. The van der Waals surface area contributed by atoms with Crippen LogP contribution in [0.4, 0.5) is 24.5 Å². The van der Waals surface area contributed by atoms with Crippen molar-refractivity contribution in [1.29, 1.82) is 0 Å². The summed E-state index contributed by atoms with van der Waals surface area (Å²) in [5.41, 5.74) is 0.275. The molecule has 1 fully saturated rings. The molecule has 2 aromatic carbocycles. The quantitative estimate of drug-likeness (QED) is 0.608. The van der Waals surface area contributed by atoms with Gasteiger partial charge in [0.15, 0.2) is 0 Å². The van der Waals surface area contributed by atoms with Crippen LogP contribution in [0, 0.1) is 12.3 Å². The average Bonchev–Trinajstić information content (AvgIpc) is 2.82. The summed E-state index contributed by atoms with van der Waals surface area (Å²) in [5, 5.41) is 2.99. The SMILES string of the molecule is C#CC(=O)N(c1cccc(C(F)(F)F)c1)C(C(=O)NC1CCCCC1)c1ccc(N(C)C)cc1. The van der Waals surface area contributed by atoms with E-state index in [4.69, 9.17) is 6.42 Å². The molecule has 1 unspecified atom stereocenters. The Labute approximate surface area is 197 Å². The van der Waals surface area contributed by atoms with Crippen LogP contribution in [0.1, 0.15) is 49.3 Å². The van der Waals surface area contributed by atoms with E-state index in [0.717, 1.165) is 54.8 Å². The van der Waals surface area contributed by atoms with Crippen molar-refractivity contribution in [2.24, 2.45) is 0 Å². The van der Waals surface area contributed by atoms with Crippen LogP contribution in [-0.4, -0.2) is 32.0 Å². The monoisotopic (exact) mass is 471 g/mol. The van der Waals surface area contributed by atoms with Crippen molar-refractivity contribution in [3.8, 4) is 12.3 Å². The van der Waals surface area contributed by atoms with Gasteiger partial charge < -0.3 is 10.2 Å². The van der Waals surface area contributed by atoms with Gasteiger partial charge in [0, 0.05) is 31.5 Å². The number of nitrogens with one attached hydrogen (secondary N) is 1. The molecule has 2 aromatic rings. The predicted octanol–water partition coefficient (Wildman–Crippen LogP) is 4.93. The Morgan fingerprint density at radius 2 is 1.68 bits per heavy atom. The summed E-state index contributed by atoms with van der Waals surface area (Å²) < 4.78 is 40.2. The second-order valence-electron chi connectivity index (χ2n) is 8.60. The molecule has 1 aliphatic carbocycles. The number of rotatable bonds is 6. The highest BCUT2D eigenvalue weighted by Gasteiger charge is 2.36. The van der Waals surface area contributed by atoms with Crippen molar-refractivity contribution in [2.75, 3.05) is 23.9 Å². The Bertz CT molecular complexity index is 1050. The number of carbonyl (C=O) groups is 2. The van der Waals surface area contributed by atoms with E-state index in [1.54, 1.807) is 24.3 Å². The largest absolute Gasteiger partial charge is 0.416 e. The van der Waals surface area contributed by atoms with Gasteiger partial charge in [-0.1, -0.05) is 37.5 Å². The van der Waals surface area contributed by atoms with Gasteiger partial charge in [0.25, 0.3) is 0 Å². The third-order valence-electron chi connectivity index (χ3n) is 5.98. The Balaban J connectivity index is 2.09. The molecule has 3 rings (SSSR count). The Kier molecular flexibility index (Phi) is 7.87. The van der Waals surface area contributed by atoms with E-state index < -0.39 is 29.6 Å². The van der Waals surface area contributed by atoms with E-state index >= 15 is 0 Å². The first kappa shape index (κ1) is 25.2. The molecule has 8 heteroatoms. The minimum atomic E-state index is -4.62. The number of anilines is 2. The second kappa shape index (κ2) is 10.6. The lowest BCUT2D eigenvalue weighted by molar-refractivity contribution is -0.137. The fourth-order valence-corrected chi connectivity index (χ4v) is 4.18. The molecule has 34 heavy (non-hydrogen) atoms. The first-order chi connectivity index (χ1) is 16.1. The molecule has 0 aliphatic heterocycles. The summed E-state index contributed by atoms with van der Waals surface area (Å²) in [4.78, 5) is 29.3. The second-order valence-corrected chi connectivity index (χ2v) is 8.60. The standard InChI is InChI=1S/C26H28F3N3O2/c1-4-23(33)32(22-12-8-9-19(17-22)26(27,28)29)24(18-13-15-21(16-14-18)31(2)3)25(34)30-20-10-6-5-7-11-20/h1,8-9,12-17,20,24H,5-7,10-11H2,2-3H3,(H,30,34). The van der Waals surface area contributed by atoms with Gasteiger partial charge in [-0.15, -0.1) is 6.42 Å². The fraction of sp³-hybridized carbons (Fsp3) is 0.385. The van der Waals surface area contributed by atoms with Crippen LogP contribution in [0.3, 0.4) is 0 Å². The third-order valence-corrected chi connectivity index (χ3v) is 5.98. The number of alkyl halides is 3. The van der Waals surface area contributed by atoms with Crippen molar-refractivity contribution in [1.82, 2.24) is 5.32 Å². The smallest absolute Gasteiger partial charge is 0.378 e. The first-order valence-electron chi connectivity index (χ1n) is 11.2. The molecule has 0 heterocycles. The Morgan fingerprint density at radius 1 is 1.03 bits per heavy atom. The summed E-state index contributed by atoms with van der Waals surface area (Å²) in [6, 6.07) is 9.92. The summed E-state index contributed by atoms with van der Waals surface area (Å²) in [5.74, 6) is 0.594. The maximum Gasteiger partial charge on any atom is 0.416 e. The number of halogens is 3. The summed E-state index contributed by atoms with van der Waals surface area (Å²) in [7, 11) is 3.72. The number of carbonyl (C=O) groups excluding carboxylic acids is 2. The van der Waals surface area contributed by atoms with E-state index in [1.807, 2.05) is 24.9 Å². The summed E-state index contributed by atoms with van der Waals surface area (Å²) in [6.07, 6.45) is 5.45. The lowest BCUT2D eigenvalue weighted by atomic mass is 9.94. The molecule has 0 bridgehead atoms. The van der Waals surface area contributed by atoms with Gasteiger partial charge in [0.1, 0.15) is 6.04 Å². The molecular weight excluding hydrogens is 443 g/mol. The van der Waals surface area contributed by atoms with Gasteiger partial charge >= 0.3 is 12.1 Å². The van der Waals surface area contributed by atoms with Crippen molar-refractivity contribution < 1.29 is 22.8 Å². The number of nitrogens with zero attached hydrogens (tertiary/aromatic N) is 2. The van der Waals surface area contributed by atoms with E-state index in [2.05, 4.69) is 5.32 Å². The van der Waals surface area contributed by atoms with Gasteiger partial charge in [-0.2, -0.15) is 13.2 Å². The van der Waals surface area contributed by atoms with Gasteiger partial charge in [-0.25, -0.2) is 0 Å². The zero-order valence-corrected chi connectivity index (χ0v) is 19.2. The molecule has 180 valence electrons. The number of terminal acetylenes is 1. The molecule has 2 amide bonds. The number of benzene rings is 2. The lowest BCUT2D eigenvalue weighted by Crippen LogP contribution is -2.47. The predicted molar refractivity (Wildman–Crippen MR) is 126 cm³/mol. The van der Waals surface area contributed by atoms with Crippen molar-refractivity contribution in [3.05, 3.63) is 59.7 Å². The molecule has 1 aliphatic rings. The Hall–Kier alpha value is -3.47. The van der Waals surface area contributed by atoms with E-state index in [-0.39, 0.29) is 11.7 Å². The van der Waals surface area contributed by atoms with Crippen LogP contribution in [0.5, 0.6) is 0 Å². The number of hydrogen-bond donors (Lipinski definition) is 1. The van der Waals surface area contributed by atoms with Crippen molar-refractivity contribution in [2.45, 2.75) is 50.4 Å². The highest BCUT2D eigenvalue weighted by Crippen LogP contribution is 2.35. The van der Waals surface area contributed by atoms with E-state index in [1.165, 1.54) is 12.1 Å². The van der Waals surface area contributed by atoms with Gasteiger partial charge in [0.2, 0.25) is 5.91 Å². The molecule has 0 spiro atoms. The van der Waals surface area contributed by atoms with Crippen LogP contribution < -0.4 is 15.1 Å². The zero-order chi connectivity index (χ0) is 24.9. The molecule has 0 aromatic heterocycles. The lowest BCUT2D eigenvalue weighted by Gasteiger charge is -2.32. The van der Waals surface area contributed by atoms with Crippen LogP contribution in [-0.2, 0) is 15.8 Å². The molecule has 1 N–H and O–H groups in total. The van der Waals surface area contributed by atoms with Crippen molar-refractivity contribution in [3.63, 3.8) is 0 Å². The maximum atomic E-state index is 13.5. The minimum Gasteiger partial charge on any atom is -0.378 e. The Morgan fingerprint density at radius 3 is 2.24 bits per heavy atom. The molecule has 0 saturated heterocycles. The molecule has 0 radical (unpaired) electrons. The molecular formula is C26H28F3N3O2. The topological polar surface area (TPSA) is 52.7 Å². The van der Waals surface area contributed by atoms with Gasteiger partial charge in [0.05, 0.1) is 5.56 Å². The number of amides is 2. The fourth-order valence-electron chi connectivity index (χ4n) is 4.18. The van der Waals surface area contributed by atoms with Crippen LogP contribution >= 0.6 is 0 Å². The normalized spacial score (nSPS) is 15.2. The summed E-state index contributed by atoms with van der Waals surface area (Å²) in [6.45, 7) is 0.